The number of phosphoric ester groups is 2. The SMILES string of the molecule is CC/C=C\C/C=C\C/C=C\C/C=C\C/C=C\CCCC(=O)OCC(COP(=O)(O)OCC(O)COP(=O)(O)OCC(COC(=O)CCCCCCCC/C=C\C/C=C\C/C=C\CCCCC)OC(=O)CCCCCCC/C=C\CCCC)OC(=O)CCCCCCCCC/C=C\C/C=C\C/C=C\CC. The van der Waals surface area contributed by atoms with E-state index in [2.05, 4.69) is 161 Å². The van der Waals surface area contributed by atoms with Crippen molar-refractivity contribution in [1.29, 1.82) is 0 Å². The Bertz CT molecular complexity index is 2540. The average molecular weight is 1500 g/mol. The van der Waals surface area contributed by atoms with Crippen LogP contribution in [0.3, 0.4) is 0 Å². The summed E-state index contributed by atoms with van der Waals surface area (Å²) in [5.41, 5.74) is 0. The highest BCUT2D eigenvalue weighted by molar-refractivity contribution is 7.47. The molecule has 0 aliphatic heterocycles. The van der Waals surface area contributed by atoms with Gasteiger partial charge in [0.05, 0.1) is 26.4 Å². The van der Waals surface area contributed by atoms with Crippen molar-refractivity contribution in [3.8, 4) is 0 Å². The summed E-state index contributed by atoms with van der Waals surface area (Å²) in [7, 11) is -9.99. The molecular weight excluding hydrogens is 1350 g/mol. The maximum Gasteiger partial charge on any atom is 0.472 e. The predicted molar refractivity (Wildman–Crippen MR) is 427 cm³/mol. The van der Waals surface area contributed by atoms with Crippen molar-refractivity contribution in [2.75, 3.05) is 39.6 Å². The van der Waals surface area contributed by atoms with Crippen LogP contribution in [-0.2, 0) is 65.4 Å². The van der Waals surface area contributed by atoms with Crippen molar-refractivity contribution in [3.05, 3.63) is 146 Å². The van der Waals surface area contributed by atoms with Gasteiger partial charge in [-0.15, -0.1) is 0 Å². The predicted octanol–water partition coefficient (Wildman–Crippen LogP) is 23.4. The molecule has 5 atom stereocenters. The van der Waals surface area contributed by atoms with E-state index in [1.807, 2.05) is 12.2 Å². The summed E-state index contributed by atoms with van der Waals surface area (Å²) >= 11 is 0. The van der Waals surface area contributed by atoms with E-state index in [-0.39, 0.29) is 25.7 Å². The fourth-order valence-corrected chi connectivity index (χ4v) is 11.8. The molecule has 0 aromatic carbocycles. The Morgan fingerprint density at radius 3 is 0.846 bits per heavy atom. The first-order valence-electron chi connectivity index (χ1n) is 40.1. The summed E-state index contributed by atoms with van der Waals surface area (Å²) in [6.07, 6.45) is 86.9. The summed E-state index contributed by atoms with van der Waals surface area (Å²) in [5, 5.41) is 10.6. The summed E-state index contributed by atoms with van der Waals surface area (Å²) < 4.78 is 68.5. The molecule has 17 nitrogen and oxygen atoms in total. The molecule has 0 aromatic rings. The number of phosphoric acid groups is 2. The van der Waals surface area contributed by atoms with Crippen LogP contribution in [0.25, 0.3) is 0 Å². The maximum absolute atomic E-state index is 13.1. The minimum atomic E-state index is -5.00. The van der Waals surface area contributed by atoms with E-state index < -0.39 is 97.5 Å². The third kappa shape index (κ3) is 75.2. The summed E-state index contributed by atoms with van der Waals surface area (Å²) in [4.78, 5) is 73.0. The molecule has 0 saturated heterocycles. The Morgan fingerprint density at radius 1 is 0.279 bits per heavy atom. The lowest BCUT2D eigenvalue weighted by Gasteiger charge is -2.21. The standard InChI is InChI=1S/C85H142O17P2/c1-5-9-13-17-21-25-29-32-35-38-39-42-44-47-51-54-58-62-66-70-82(87)95-75-80(101-84(89)71-67-63-59-55-49-28-24-20-16-12-8-4)77-99-103(91,92)97-73-79(86)74-98-104(93,94)100-78-81(102-85(90)72-68-64-60-56-52-48-45-41-37-34-31-27-23-19-15-11-7-3)76-96-83(88)69-65-61-57-53-50-46-43-40-36-33-30-26-22-18-14-10-6-2/h10-11,14-15,20-27,32-37,39,42-43,46,53,57,79-81,86H,5-9,12-13,16-19,28-31,38,40-41,44-45,47-52,54-56,58-78H2,1-4H3,(H,91,92)(H,93,94)/b14-10-,15-11-,24-20-,25-21-,26-22-,27-23-,35-32-,36-33-,37-34-,42-39-,46-43-,57-53-. The van der Waals surface area contributed by atoms with Crippen LogP contribution in [-0.4, -0.2) is 96.7 Å². The quantitative estimate of drug-likeness (QED) is 0.0169. The van der Waals surface area contributed by atoms with Gasteiger partial charge in [0, 0.05) is 25.7 Å². The molecule has 0 amide bonds. The van der Waals surface area contributed by atoms with E-state index in [0.29, 0.717) is 32.1 Å². The average Bonchev–Trinajstić information content (AvgIpc) is 0.930. The van der Waals surface area contributed by atoms with Gasteiger partial charge in [-0.1, -0.05) is 276 Å². The van der Waals surface area contributed by atoms with Gasteiger partial charge < -0.3 is 33.8 Å². The minimum absolute atomic E-state index is 0.0671. The van der Waals surface area contributed by atoms with Crippen LogP contribution in [0.4, 0.5) is 0 Å². The van der Waals surface area contributed by atoms with Gasteiger partial charge in [-0.2, -0.15) is 0 Å². The van der Waals surface area contributed by atoms with Crippen molar-refractivity contribution in [2.24, 2.45) is 0 Å². The summed E-state index contributed by atoms with van der Waals surface area (Å²) in [6.45, 7) is 4.49. The second-order valence-corrected chi connectivity index (χ2v) is 29.1. The highest BCUT2D eigenvalue weighted by Gasteiger charge is 2.30. The van der Waals surface area contributed by atoms with Crippen molar-refractivity contribution in [1.82, 2.24) is 0 Å². The molecule has 5 unspecified atom stereocenters. The number of aliphatic hydroxyl groups excluding tert-OH is 1. The minimum Gasteiger partial charge on any atom is -0.462 e. The second-order valence-electron chi connectivity index (χ2n) is 26.2. The first-order valence-corrected chi connectivity index (χ1v) is 43.1. The first-order chi connectivity index (χ1) is 50.7. The number of hydrogen-bond donors (Lipinski definition) is 3. The molecule has 0 aliphatic rings. The number of carbonyl (C=O) groups excluding carboxylic acids is 4. The Morgan fingerprint density at radius 2 is 0.519 bits per heavy atom. The lowest BCUT2D eigenvalue weighted by atomic mass is 10.1. The topological polar surface area (TPSA) is 237 Å². The largest absolute Gasteiger partial charge is 0.472 e. The van der Waals surface area contributed by atoms with E-state index in [4.69, 9.17) is 37.0 Å². The van der Waals surface area contributed by atoms with E-state index in [1.165, 1.54) is 32.1 Å². The van der Waals surface area contributed by atoms with Crippen molar-refractivity contribution < 1.29 is 80.2 Å². The fraction of sp³-hybridized carbons (Fsp3) is 0.671. The highest BCUT2D eigenvalue weighted by atomic mass is 31.2. The molecule has 0 aliphatic carbocycles. The Balaban J connectivity index is 5.40. The van der Waals surface area contributed by atoms with Gasteiger partial charge in [-0.05, 0) is 154 Å². The van der Waals surface area contributed by atoms with Crippen LogP contribution in [0, 0.1) is 0 Å². The third-order valence-electron chi connectivity index (χ3n) is 16.3. The zero-order valence-corrected chi connectivity index (χ0v) is 66.7. The van der Waals surface area contributed by atoms with Gasteiger partial charge in [-0.3, -0.25) is 37.3 Å². The van der Waals surface area contributed by atoms with E-state index in [1.54, 1.807) is 0 Å². The summed E-state index contributed by atoms with van der Waals surface area (Å²) in [5.74, 6) is -2.28. The van der Waals surface area contributed by atoms with Crippen LogP contribution in [0.15, 0.2) is 146 Å². The molecule has 0 radical (unpaired) electrons. The number of unbranched alkanes of at least 4 members (excludes halogenated alkanes) is 24. The van der Waals surface area contributed by atoms with Crippen molar-refractivity contribution in [2.45, 2.75) is 329 Å². The maximum atomic E-state index is 13.1. The molecule has 0 rings (SSSR count). The van der Waals surface area contributed by atoms with Gasteiger partial charge in [0.2, 0.25) is 0 Å². The van der Waals surface area contributed by atoms with Crippen molar-refractivity contribution >= 4 is 39.5 Å². The van der Waals surface area contributed by atoms with Gasteiger partial charge in [-0.25, -0.2) is 9.13 Å². The van der Waals surface area contributed by atoms with Gasteiger partial charge in [0.25, 0.3) is 0 Å². The normalized spacial score (nSPS) is 14.6. The lowest BCUT2D eigenvalue weighted by Crippen LogP contribution is -2.30. The zero-order chi connectivity index (χ0) is 76.0. The van der Waals surface area contributed by atoms with Crippen LogP contribution in [0.2, 0.25) is 0 Å². The number of aliphatic hydroxyl groups is 1. The third-order valence-corrected chi connectivity index (χ3v) is 18.2. The number of ether oxygens (including phenoxy) is 4. The lowest BCUT2D eigenvalue weighted by molar-refractivity contribution is -0.161. The second kappa shape index (κ2) is 76.1. The molecule has 0 bridgehead atoms. The molecule has 0 heterocycles. The number of hydrogen-bond acceptors (Lipinski definition) is 15. The van der Waals surface area contributed by atoms with Crippen molar-refractivity contribution in [3.63, 3.8) is 0 Å². The Labute approximate surface area is 630 Å². The smallest absolute Gasteiger partial charge is 0.462 e. The van der Waals surface area contributed by atoms with Gasteiger partial charge in [0.1, 0.15) is 19.3 Å². The molecule has 0 fully saturated rings. The molecule has 19 heteroatoms. The molecule has 0 spiro atoms. The highest BCUT2D eigenvalue weighted by Crippen LogP contribution is 2.45. The first kappa shape index (κ1) is 98.9. The number of esters is 4. The van der Waals surface area contributed by atoms with E-state index in [9.17, 15) is 43.2 Å². The molecule has 0 aromatic heterocycles. The Kier molecular flexibility index (Phi) is 72.4. The Hall–Kier alpha value is -5.06. The number of allylic oxidation sites excluding steroid dienone is 24. The molecule has 0 saturated carbocycles. The molecule has 3 N–H and O–H groups in total. The monoisotopic (exact) mass is 1500 g/mol. The van der Waals surface area contributed by atoms with Crippen LogP contribution in [0.5, 0.6) is 0 Å². The number of carbonyl (C=O) groups is 4. The number of rotatable bonds is 74. The fourth-order valence-electron chi connectivity index (χ4n) is 10.2. The molecule has 104 heavy (non-hydrogen) atoms. The van der Waals surface area contributed by atoms with Gasteiger partial charge in [0.15, 0.2) is 12.2 Å². The van der Waals surface area contributed by atoms with Crippen LogP contribution >= 0.6 is 15.6 Å². The van der Waals surface area contributed by atoms with Crippen LogP contribution < -0.4 is 0 Å². The molecular formula is C85H142O17P2. The summed E-state index contributed by atoms with van der Waals surface area (Å²) in [6, 6.07) is 0. The zero-order valence-electron chi connectivity index (χ0n) is 64.9. The van der Waals surface area contributed by atoms with E-state index in [0.717, 1.165) is 193 Å². The van der Waals surface area contributed by atoms with Gasteiger partial charge >= 0.3 is 39.5 Å². The van der Waals surface area contributed by atoms with Crippen LogP contribution in [0.1, 0.15) is 310 Å². The van der Waals surface area contributed by atoms with E-state index >= 15 is 0 Å². The molecule has 594 valence electrons.